The van der Waals surface area contributed by atoms with Gasteiger partial charge < -0.3 is 24.6 Å². The average Bonchev–Trinajstić information content (AvgIpc) is 3.49. The molecule has 2 aliphatic rings. The van der Waals surface area contributed by atoms with E-state index in [1.165, 1.54) is 16.4 Å². The van der Waals surface area contributed by atoms with Crippen molar-refractivity contribution in [2.75, 3.05) is 26.3 Å². The molecular formula is C27H35BrN2O7S. The van der Waals surface area contributed by atoms with Crippen LogP contribution in [0.25, 0.3) is 0 Å². The number of amides is 1. The summed E-state index contributed by atoms with van der Waals surface area (Å²) in [6, 6.07) is 15.0. The van der Waals surface area contributed by atoms with E-state index in [1.807, 2.05) is 44.2 Å². The van der Waals surface area contributed by atoms with Gasteiger partial charge in [0.15, 0.2) is 6.29 Å². The molecule has 2 fully saturated rings. The Hall–Kier alpha value is -2.02. The molecule has 2 saturated heterocycles. The highest BCUT2D eigenvalue weighted by atomic mass is 79.9. The van der Waals surface area contributed by atoms with Gasteiger partial charge in [0.1, 0.15) is 6.10 Å². The number of sulfonamides is 1. The normalized spacial score (nSPS) is 22.8. The third-order valence-electron chi connectivity index (χ3n) is 6.72. The maximum atomic E-state index is 13.5. The van der Waals surface area contributed by atoms with Crippen molar-refractivity contribution in [1.82, 2.24) is 9.62 Å². The third-order valence-corrected chi connectivity index (χ3v) is 9.10. The number of aliphatic hydroxyl groups excluding tert-OH is 1. The minimum absolute atomic E-state index is 0.0156. The zero-order valence-electron chi connectivity index (χ0n) is 21.5. The molecule has 0 aliphatic carbocycles. The van der Waals surface area contributed by atoms with Gasteiger partial charge in [-0.2, -0.15) is 4.31 Å². The Morgan fingerprint density at radius 3 is 2.53 bits per heavy atom. The van der Waals surface area contributed by atoms with E-state index in [1.54, 1.807) is 12.1 Å². The summed E-state index contributed by atoms with van der Waals surface area (Å²) in [6.07, 6.45) is -1.64. The highest BCUT2D eigenvalue weighted by Crippen LogP contribution is 2.33. The second-order valence-electron chi connectivity index (χ2n) is 10.1. The molecule has 2 aliphatic heterocycles. The molecular weight excluding hydrogens is 576 g/mol. The van der Waals surface area contributed by atoms with Gasteiger partial charge in [-0.3, -0.25) is 0 Å². The average molecular weight is 612 g/mol. The minimum atomic E-state index is -3.89. The molecule has 2 aromatic carbocycles. The maximum Gasteiger partial charge on any atom is 0.407 e. The van der Waals surface area contributed by atoms with Gasteiger partial charge in [0.25, 0.3) is 0 Å². The van der Waals surface area contributed by atoms with Crippen LogP contribution in [0.5, 0.6) is 0 Å². The summed E-state index contributed by atoms with van der Waals surface area (Å²) in [5.41, 5.74) is 0.886. The Labute approximate surface area is 232 Å². The number of carbonyl (C=O) groups excluding carboxylic acids is 1. The molecule has 2 aromatic rings. The monoisotopic (exact) mass is 610 g/mol. The van der Waals surface area contributed by atoms with Crippen molar-refractivity contribution in [2.45, 2.75) is 56.1 Å². The number of fused-ring (bicyclic) bond motifs is 1. The van der Waals surface area contributed by atoms with Gasteiger partial charge in [0.05, 0.1) is 36.2 Å². The quantitative estimate of drug-likeness (QED) is 0.400. The molecule has 38 heavy (non-hydrogen) atoms. The Balaban J connectivity index is 1.51. The lowest BCUT2D eigenvalue weighted by atomic mass is 10.0. The van der Waals surface area contributed by atoms with Crippen LogP contribution in [0.2, 0.25) is 0 Å². The highest BCUT2D eigenvalue weighted by molar-refractivity contribution is 9.10. The summed E-state index contributed by atoms with van der Waals surface area (Å²) in [6.45, 7) is 4.65. The van der Waals surface area contributed by atoms with Crippen LogP contribution >= 0.6 is 15.9 Å². The smallest absolute Gasteiger partial charge is 0.407 e. The second kappa shape index (κ2) is 12.9. The van der Waals surface area contributed by atoms with Crippen LogP contribution < -0.4 is 5.32 Å². The van der Waals surface area contributed by atoms with E-state index in [2.05, 4.69) is 21.2 Å². The summed E-state index contributed by atoms with van der Waals surface area (Å²) in [5, 5.41) is 14.1. The first-order chi connectivity index (χ1) is 18.1. The molecule has 208 valence electrons. The number of nitrogens with one attached hydrogen (secondary N) is 1. The van der Waals surface area contributed by atoms with Gasteiger partial charge in [-0.25, -0.2) is 13.2 Å². The second-order valence-corrected chi connectivity index (χ2v) is 13.0. The number of halogens is 1. The van der Waals surface area contributed by atoms with Crippen LogP contribution in [0.3, 0.4) is 0 Å². The molecule has 0 bridgehead atoms. The Morgan fingerprint density at radius 1 is 1.13 bits per heavy atom. The van der Waals surface area contributed by atoms with Crippen LogP contribution in [-0.2, 0) is 30.7 Å². The number of benzene rings is 2. The summed E-state index contributed by atoms with van der Waals surface area (Å²) in [4.78, 5) is 13.1. The maximum absolute atomic E-state index is 13.5. The molecule has 0 saturated carbocycles. The highest BCUT2D eigenvalue weighted by Gasteiger charge is 2.44. The number of hydrogen-bond donors (Lipinski definition) is 2. The van der Waals surface area contributed by atoms with Crippen molar-refractivity contribution < 1.29 is 32.5 Å². The third kappa shape index (κ3) is 7.34. The van der Waals surface area contributed by atoms with Crippen molar-refractivity contribution in [1.29, 1.82) is 0 Å². The van der Waals surface area contributed by atoms with Crippen LogP contribution in [0.15, 0.2) is 64.0 Å². The van der Waals surface area contributed by atoms with Crippen LogP contribution in [-0.4, -0.2) is 74.8 Å². The van der Waals surface area contributed by atoms with Gasteiger partial charge in [-0.1, -0.05) is 60.1 Å². The molecule has 9 nitrogen and oxygen atoms in total. The predicted octanol–water partition coefficient (Wildman–Crippen LogP) is 3.56. The first-order valence-corrected chi connectivity index (χ1v) is 15.0. The first kappa shape index (κ1) is 29.0. The standard InChI is InChI=1S/C27H35BrN2O7S/c1-18(2)15-30(38(33,34)21-10-8-20(28)9-11-21)16-24(31)23(14-19-6-4-3-5-7-19)29-27(32)37-25-17-36-26-22(25)12-13-35-26/h3-11,18,22-26,31H,12-17H2,1-2H3,(H,29,32)/t22-,23-,24+,25-,26+/m0/s1. The van der Waals surface area contributed by atoms with E-state index in [0.717, 1.165) is 16.5 Å². The number of nitrogens with zero attached hydrogens (tertiary/aromatic N) is 1. The lowest BCUT2D eigenvalue weighted by Gasteiger charge is -2.31. The number of hydrogen-bond acceptors (Lipinski definition) is 7. The number of carbonyl (C=O) groups is 1. The molecule has 0 unspecified atom stereocenters. The molecule has 2 N–H and O–H groups in total. The van der Waals surface area contributed by atoms with E-state index in [-0.39, 0.29) is 42.7 Å². The van der Waals surface area contributed by atoms with Gasteiger partial charge in [0.2, 0.25) is 10.0 Å². The number of alkyl carbamates (subject to hydrolysis) is 1. The summed E-state index contributed by atoms with van der Waals surface area (Å²) < 4.78 is 45.8. The SMILES string of the molecule is CC(C)CN(C[C@@H](O)[C@H](Cc1ccccc1)NC(=O)O[C@H]1CO[C@H]2OCC[C@H]21)S(=O)(=O)c1ccc(Br)cc1. The largest absolute Gasteiger partial charge is 0.443 e. The Morgan fingerprint density at radius 2 is 1.84 bits per heavy atom. The molecule has 2 heterocycles. The molecule has 0 spiro atoms. The van der Waals surface area contributed by atoms with Crippen molar-refractivity contribution in [2.24, 2.45) is 11.8 Å². The van der Waals surface area contributed by atoms with Crippen molar-refractivity contribution in [3.05, 3.63) is 64.6 Å². The van der Waals surface area contributed by atoms with Gasteiger partial charge in [-0.15, -0.1) is 0 Å². The molecule has 1 amide bonds. The van der Waals surface area contributed by atoms with Crippen LogP contribution in [0, 0.1) is 11.8 Å². The lowest BCUT2D eigenvalue weighted by molar-refractivity contribution is -0.0907. The van der Waals surface area contributed by atoms with E-state index in [4.69, 9.17) is 14.2 Å². The first-order valence-electron chi connectivity index (χ1n) is 12.8. The van der Waals surface area contributed by atoms with Crippen molar-refractivity contribution in [3.8, 4) is 0 Å². The number of aliphatic hydroxyl groups is 1. The van der Waals surface area contributed by atoms with Crippen LogP contribution in [0.4, 0.5) is 4.79 Å². The van der Waals surface area contributed by atoms with E-state index < -0.39 is 34.4 Å². The molecule has 0 radical (unpaired) electrons. The van der Waals surface area contributed by atoms with E-state index >= 15 is 0 Å². The van der Waals surface area contributed by atoms with Crippen molar-refractivity contribution in [3.63, 3.8) is 0 Å². The van der Waals surface area contributed by atoms with E-state index in [9.17, 15) is 18.3 Å². The number of ether oxygens (including phenoxy) is 3. The van der Waals surface area contributed by atoms with Gasteiger partial charge >= 0.3 is 6.09 Å². The zero-order chi connectivity index (χ0) is 27.3. The summed E-state index contributed by atoms with van der Waals surface area (Å²) in [7, 11) is -3.89. The molecule has 11 heteroatoms. The van der Waals surface area contributed by atoms with Gasteiger partial charge in [0, 0.05) is 17.6 Å². The van der Waals surface area contributed by atoms with Crippen LogP contribution in [0.1, 0.15) is 25.8 Å². The fraction of sp³-hybridized carbons (Fsp3) is 0.519. The summed E-state index contributed by atoms with van der Waals surface area (Å²) >= 11 is 3.33. The molecule has 5 atom stereocenters. The Kier molecular flexibility index (Phi) is 9.83. The molecule has 4 rings (SSSR count). The fourth-order valence-electron chi connectivity index (χ4n) is 4.79. The van der Waals surface area contributed by atoms with Crippen molar-refractivity contribution >= 4 is 32.0 Å². The topological polar surface area (TPSA) is 114 Å². The zero-order valence-corrected chi connectivity index (χ0v) is 23.9. The predicted molar refractivity (Wildman–Crippen MR) is 145 cm³/mol. The molecule has 0 aromatic heterocycles. The fourth-order valence-corrected chi connectivity index (χ4v) is 6.68. The number of rotatable bonds is 11. The Bertz CT molecular complexity index is 1160. The minimum Gasteiger partial charge on any atom is -0.443 e. The van der Waals surface area contributed by atoms with Gasteiger partial charge in [-0.05, 0) is 48.6 Å². The van der Waals surface area contributed by atoms with E-state index in [0.29, 0.717) is 13.0 Å². The summed E-state index contributed by atoms with van der Waals surface area (Å²) in [5.74, 6) is -0.00213. The lowest BCUT2D eigenvalue weighted by Crippen LogP contribution is -2.51.